The Kier molecular flexibility index (Phi) is 7.93. The van der Waals surface area contributed by atoms with Gasteiger partial charge >= 0.3 is 6.09 Å². The summed E-state index contributed by atoms with van der Waals surface area (Å²) in [6.07, 6.45) is -0.901. The van der Waals surface area contributed by atoms with E-state index in [-0.39, 0.29) is 19.8 Å². The van der Waals surface area contributed by atoms with Crippen LogP contribution in [0.4, 0.5) is 4.79 Å². The number of carbonyl (C=O) groups excluding carboxylic acids is 2. The van der Waals surface area contributed by atoms with Crippen molar-refractivity contribution < 1.29 is 27.5 Å². The molecular weight excluding hydrogens is 386 g/mol. The van der Waals surface area contributed by atoms with Crippen molar-refractivity contribution in [2.24, 2.45) is 5.14 Å². The highest BCUT2D eigenvalue weighted by molar-refractivity contribution is 7.87. The number of amides is 2. The van der Waals surface area contributed by atoms with E-state index in [9.17, 15) is 18.0 Å². The predicted octanol–water partition coefficient (Wildman–Crippen LogP) is 0.818. The predicted molar refractivity (Wildman–Crippen MR) is 101 cm³/mol. The van der Waals surface area contributed by atoms with Crippen molar-refractivity contribution in [2.45, 2.75) is 19.3 Å². The molecule has 0 bridgehead atoms. The van der Waals surface area contributed by atoms with Crippen molar-refractivity contribution in [3.63, 3.8) is 0 Å². The molecule has 2 amide bonds. The van der Waals surface area contributed by atoms with Crippen LogP contribution in [0.25, 0.3) is 0 Å². The van der Waals surface area contributed by atoms with Crippen LogP contribution in [-0.2, 0) is 37.7 Å². The molecule has 0 fully saturated rings. The zero-order chi connectivity index (χ0) is 20.4. The number of carbonyl (C=O) groups is 2. The van der Waals surface area contributed by atoms with Crippen molar-refractivity contribution in [1.82, 2.24) is 10.0 Å². The monoisotopic (exact) mass is 407 g/mol. The minimum atomic E-state index is -4.28. The van der Waals surface area contributed by atoms with Crippen LogP contribution < -0.4 is 15.2 Å². The molecule has 0 aliphatic rings. The lowest BCUT2D eigenvalue weighted by Crippen LogP contribution is -2.52. The molecule has 0 radical (unpaired) electrons. The number of alkyl carbamates (subject to hydrolysis) is 1. The normalized spacial score (nSPS) is 12.0. The third-order valence-corrected chi connectivity index (χ3v) is 3.95. The Morgan fingerprint density at radius 1 is 0.929 bits per heavy atom. The van der Waals surface area contributed by atoms with Crippen LogP contribution in [0.1, 0.15) is 11.1 Å². The highest BCUT2D eigenvalue weighted by Gasteiger charge is 2.24. The average Bonchev–Trinajstić information content (AvgIpc) is 2.66. The van der Waals surface area contributed by atoms with Crippen LogP contribution in [0.2, 0.25) is 0 Å². The lowest BCUT2D eigenvalue weighted by Gasteiger charge is -2.18. The second-order valence-corrected chi connectivity index (χ2v) is 7.06. The lowest BCUT2D eigenvalue weighted by atomic mass is 10.2. The SMILES string of the molecule is NS(=O)(=O)NC(=O)[C@H](COCc1ccccc1)NC(=O)OCc1ccccc1. The quantitative estimate of drug-likeness (QED) is 0.563. The maximum absolute atomic E-state index is 12.1. The van der Waals surface area contributed by atoms with Gasteiger partial charge in [0.1, 0.15) is 12.6 Å². The van der Waals surface area contributed by atoms with Crippen molar-refractivity contribution in [3.8, 4) is 0 Å². The minimum absolute atomic E-state index is 0.0128. The summed E-state index contributed by atoms with van der Waals surface area (Å²) >= 11 is 0. The van der Waals surface area contributed by atoms with Gasteiger partial charge in [0.15, 0.2) is 0 Å². The topological polar surface area (TPSA) is 137 Å². The van der Waals surface area contributed by atoms with E-state index in [1.54, 1.807) is 29.0 Å². The number of ether oxygens (including phenoxy) is 2. The summed E-state index contributed by atoms with van der Waals surface area (Å²) < 4.78 is 34.3. The summed E-state index contributed by atoms with van der Waals surface area (Å²) in [6.45, 7) is -0.126. The maximum atomic E-state index is 12.1. The molecule has 9 nitrogen and oxygen atoms in total. The van der Waals surface area contributed by atoms with Crippen LogP contribution in [0.3, 0.4) is 0 Å². The Morgan fingerprint density at radius 2 is 1.46 bits per heavy atom. The van der Waals surface area contributed by atoms with Crippen LogP contribution in [0, 0.1) is 0 Å². The van der Waals surface area contributed by atoms with Crippen molar-refractivity contribution in [3.05, 3.63) is 71.8 Å². The summed E-state index contributed by atoms with van der Waals surface area (Å²) in [4.78, 5) is 24.1. The number of nitrogens with two attached hydrogens (primary N) is 1. The third-order valence-electron chi connectivity index (χ3n) is 3.46. The Labute approximate surface area is 163 Å². The molecule has 10 heteroatoms. The molecule has 0 spiro atoms. The summed E-state index contributed by atoms with van der Waals surface area (Å²) in [6, 6.07) is 16.7. The fourth-order valence-electron chi connectivity index (χ4n) is 2.17. The standard InChI is InChI=1S/C18H21N3O6S/c19-28(24,25)21-17(22)16(13-26-11-14-7-3-1-4-8-14)20-18(23)27-12-15-9-5-2-6-10-15/h1-10,16H,11-13H2,(H,20,23)(H,21,22)(H2,19,24,25)/t16-/m0/s1. The van der Waals surface area contributed by atoms with E-state index >= 15 is 0 Å². The van der Waals surface area contributed by atoms with Gasteiger partial charge in [-0.3, -0.25) is 4.79 Å². The van der Waals surface area contributed by atoms with E-state index in [4.69, 9.17) is 14.6 Å². The van der Waals surface area contributed by atoms with Crippen molar-refractivity contribution >= 4 is 22.2 Å². The zero-order valence-corrected chi connectivity index (χ0v) is 15.7. The Hall–Kier alpha value is -2.95. The number of hydrogen-bond acceptors (Lipinski definition) is 6. The van der Waals surface area contributed by atoms with E-state index in [2.05, 4.69) is 5.32 Å². The summed E-state index contributed by atoms with van der Waals surface area (Å²) in [5.41, 5.74) is 1.60. The molecule has 0 aliphatic heterocycles. The number of benzene rings is 2. The second-order valence-electron chi connectivity index (χ2n) is 5.77. The summed E-state index contributed by atoms with van der Waals surface area (Å²) in [5.74, 6) is -1.03. The maximum Gasteiger partial charge on any atom is 0.408 e. The molecule has 0 aliphatic carbocycles. The Morgan fingerprint density at radius 3 is 2.00 bits per heavy atom. The van der Waals surface area contributed by atoms with E-state index in [1.807, 2.05) is 36.4 Å². The van der Waals surface area contributed by atoms with Crippen LogP contribution in [0.15, 0.2) is 60.7 Å². The van der Waals surface area contributed by atoms with Crippen LogP contribution in [-0.4, -0.2) is 33.1 Å². The third kappa shape index (κ3) is 8.16. The molecule has 0 aromatic heterocycles. The summed E-state index contributed by atoms with van der Waals surface area (Å²) in [5, 5.41) is 7.09. The van der Waals surface area contributed by atoms with E-state index in [1.165, 1.54) is 0 Å². The first-order valence-corrected chi connectivity index (χ1v) is 9.81. The van der Waals surface area contributed by atoms with Gasteiger partial charge in [-0.1, -0.05) is 60.7 Å². The molecular formula is C18H21N3O6S. The molecule has 0 heterocycles. The van der Waals surface area contributed by atoms with Gasteiger partial charge in [0.05, 0.1) is 13.2 Å². The van der Waals surface area contributed by atoms with Crippen LogP contribution in [0.5, 0.6) is 0 Å². The fourth-order valence-corrected chi connectivity index (χ4v) is 2.59. The number of nitrogens with one attached hydrogen (secondary N) is 2. The van der Waals surface area contributed by atoms with Gasteiger partial charge in [0.2, 0.25) is 0 Å². The molecule has 2 rings (SSSR count). The zero-order valence-electron chi connectivity index (χ0n) is 14.9. The largest absolute Gasteiger partial charge is 0.445 e. The van der Waals surface area contributed by atoms with Gasteiger partial charge in [0, 0.05) is 0 Å². The van der Waals surface area contributed by atoms with Gasteiger partial charge in [-0.15, -0.1) is 0 Å². The molecule has 0 saturated carbocycles. The number of rotatable bonds is 9. The molecule has 2 aromatic carbocycles. The highest BCUT2D eigenvalue weighted by atomic mass is 32.2. The fraction of sp³-hybridized carbons (Fsp3) is 0.222. The second kappa shape index (κ2) is 10.4. The Balaban J connectivity index is 1.92. The first-order chi connectivity index (χ1) is 13.3. The van der Waals surface area contributed by atoms with Gasteiger partial charge < -0.3 is 14.8 Å². The van der Waals surface area contributed by atoms with E-state index < -0.39 is 28.3 Å². The van der Waals surface area contributed by atoms with Crippen molar-refractivity contribution in [1.29, 1.82) is 0 Å². The molecule has 1 atom stereocenters. The summed E-state index contributed by atoms with van der Waals surface area (Å²) in [7, 11) is -4.28. The lowest BCUT2D eigenvalue weighted by molar-refractivity contribution is -0.122. The molecule has 0 unspecified atom stereocenters. The van der Waals surface area contributed by atoms with Crippen LogP contribution >= 0.6 is 0 Å². The average molecular weight is 407 g/mol. The molecule has 150 valence electrons. The van der Waals surface area contributed by atoms with Crippen molar-refractivity contribution in [2.75, 3.05) is 6.61 Å². The molecule has 0 saturated heterocycles. The van der Waals surface area contributed by atoms with Gasteiger partial charge in [-0.25, -0.2) is 14.7 Å². The first-order valence-electron chi connectivity index (χ1n) is 8.27. The molecule has 28 heavy (non-hydrogen) atoms. The molecule has 2 aromatic rings. The minimum Gasteiger partial charge on any atom is -0.445 e. The van der Waals surface area contributed by atoms with E-state index in [0.29, 0.717) is 0 Å². The first kappa shape index (κ1) is 21.4. The Bertz CT molecular complexity index is 875. The van der Waals surface area contributed by atoms with Gasteiger partial charge in [0.25, 0.3) is 16.1 Å². The van der Waals surface area contributed by atoms with Gasteiger partial charge in [-0.05, 0) is 11.1 Å². The smallest absolute Gasteiger partial charge is 0.408 e. The van der Waals surface area contributed by atoms with E-state index in [0.717, 1.165) is 11.1 Å². The number of hydrogen-bond donors (Lipinski definition) is 3. The highest BCUT2D eigenvalue weighted by Crippen LogP contribution is 2.03. The van der Waals surface area contributed by atoms with Gasteiger partial charge in [-0.2, -0.15) is 8.42 Å². The molecule has 4 N–H and O–H groups in total.